The maximum absolute atomic E-state index is 10.6. The summed E-state index contributed by atoms with van der Waals surface area (Å²) in [5.41, 5.74) is 2.39. The Kier molecular flexibility index (Phi) is 8.62. The first-order valence-electron chi connectivity index (χ1n) is 8.93. The average molecular weight is 435 g/mol. The Morgan fingerprint density at radius 3 is 2.79 bits per heavy atom. The first-order chi connectivity index (χ1) is 13.7. The Bertz CT molecular complexity index is 792. The molecule has 1 unspecified atom stereocenters. The first-order valence-corrected chi connectivity index (χ1v) is 9.75. The third-order valence-electron chi connectivity index (χ3n) is 4.06. The molecule has 0 radical (unpaired) electrons. The quantitative estimate of drug-likeness (QED) is 0.696. The van der Waals surface area contributed by atoms with Crippen LogP contribution in [0.5, 0.6) is 0 Å². The van der Waals surface area contributed by atoms with Gasteiger partial charge in [-0.1, -0.05) is 0 Å². The van der Waals surface area contributed by atoms with Gasteiger partial charge in [-0.3, -0.25) is 4.68 Å². The molecule has 162 valence electrons. The van der Waals surface area contributed by atoms with E-state index in [2.05, 4.69) is 35.7 Å². The normalized spacial score (nSPS) is 16.1. The smallest absolute Gasteiger partial charge is 0.475 e. The summed E-state index contributed by atoms with van der Waals surface area (Å²) in [6, 6.07) is 4.34. The summed E-state index contributed by atoms with van der Waals surface area (Å²) in [4.78, 5) is 11.6. The number of alkyl halides is 3. The van der Waals surface area contributed by atoms with E-state index in [0.29, 0.717) is 6.61 Å². The highest BCUT2D eigenvalue weighted by molar-refractivity contribution is 7.11. The summed E-state index contributed by atoms with van der Waals surface area (Å²) in [5, 5.41) is 15.3. The van der Waals surface area contributed by atoms with Gasteiger partial charge < -0.3 is 19.9 Å². The molecule has 2 aromatic rings. The fourth-order valence-electron chi connectivity index (χ4n) is 2.69. The van der Waals surface area contributed by atoms with Gasteiger partial charge in [0.15, 0.2) is 0 Å². The zero-order chi connectivity index (χ0) is 21.4. The van der Waals surface area contributed by atoms with Gasteiger partial charge in [0.25, 0.3) is 0 Å². The van der Waals surface area contributed by atoms with Crippen molar-refractivity contribution in [2.24, 2.45) is 0 Å². The number of aliphatic carboxylic acids is 1. The predicted molar refractivity (Wildman–Crippen MR) is 101 cm³/mol. The van der Waals surface area contributed by atoms with Gasteiger partial charge in [0.2, 0.25) is 0 Å². The molecule has 0 amide bonds. The van der Waals surface area contributed by atoms with Gasteiger partial charge in [-0.2, -0.15) is 18.3 Å². The second-order valence-corrected chi connectivity index (χ2v) is 7.72. The molecule has 2 N–H and O–H groups in total. The second kappa shape index (κ2) is 10.7. The highest BCUT2D eigenvalue weighted by Gasteiger charge is 2.38. The largest absolute Gasteiger partial charge is 0.490 e. The van der Waals surface area contributed by atoms with Crippen molar-refractivity contribution in [3.05, 3.63) is 39.3 Å². The Balaban J connectivity index is 0.000000370. The lowest BCUT2D eigenvalue weighted by Crippen LogP contribution is -2.27. The molecule has 2 aromatic heterocycles. The fraction of sp³-hybridized carbons (Fsp3) is 0.556. The molecule has 0 saturated carbocycles. The SMILES string of the molecule is COCCn1cc2c(n1)C(CNCc1ccc(C)s1)OCC2.O=C(O)C(F)(F)F. The first kappa shape index (κ1) is 23.3. The van der Waals surface area contributed by atoms with Gasteiger partial charge >= 0.3 is 12.1 Å². The second-order valence-electron chi connectivity index (χ2n) is 6.35. The van der Waals surface area contributed by atoms with E-state index in [1.807, 2.05) is 16.0 Å². The predicted octanol–water partition coefficient (Wildman–Crippen LogP) is 2.94. The number of aromatic nitrogens is 2. The van der Waals surface area contributed by atoms with Crippen LogP contribution in [0.25, 0.3) is 0 Å². The van der Waals surface area contributed by atoms with Gasteiger partial charge in [-0.15, -0.1) is 11.3 Å². The van der Waals surface area contributed by atoms with Crippen molar-refractivity contribution >= 4 is 17.3 Å². The molecule has 0 saturated heterocycles. The monoisotopic (exact) mass is 435 g/mol. The van der Waals surface area contributed by atoms with Gasteiger partial charge in [-0.05, 0) is 31.0 Å². The van der Waals surface area contributed by atoms with Crippen LogP contribution >= 0.6 is 11.3 Å². The van der Waals surface area contributed by atoms with Gasteiger partial charge in [0, 0.05) is 36.2 Å². The Labute approximate surface area is 170 Å². The molecule has 0 aliphatic carbocycles. The molecule has 0 aromatic carbocycles. The highest BCUT2D eigenvalue weighted by atomic mass is 32.1. The molecular weight excluding hydrogens is 411 g/mol. The maximum atomic E-state index is 10.6. The van der Waals surface area contributed by atoms with Crippen LogP contribution in [0.15, 0.2) is 18.3 Å². The van der Waals surface area contributed by atoms with Crippen LogP contribution in [-0.4, -0.2) is 53.9 Å². The van der Waals surface area contributed by atoms with Crippen LogP contribution in [0.1, 0.15) is 27.1 Å². The minimum Gasteiger partial charge on any atom is -0.475 e. The maximum Gasteiger partial charge on any atom is 0.490 e. The molecule has 3 heterocycles. The highest BCUT2D eigenvalue weighted by Crippen LogP contribution is 2.25. The van der Waals surface area contributed by atoms with E-state index in [4.69, 9.17) is 19.4 Å². The summed E-state index contributed by atoms with van der Waals surface area (Å²) in [6.45, 7) is 6.06. The molecule has 0 bridgehead atoms. The van der Waals surface area contributed by atoms with Crippen molar-refractivity contribution in [2.75, 3.05) is 26.9 Å². The molecule has 11 heteroatoms. The van der Waals surface area contributed by atoms with Crippen LogP contribution in [0.3, 0.4) is 0 Å². The van der Waals surface area contributed by atoms with E-state index in [0.717, 1.165) is 38.4 Å². The molecule has 0 fully saturated rings. The number of hydrogen-bond donors (Lipinski definition) is 2. The standard InChI is InChI=1S/C16H23N3O2S.C2HF3O2/c1-12-3-4-14(22-12)9-17-10-15-16-13(5-7-21-15)11-19(18-16)6-8-20-2;3-2(4,5)1(6)7/h3-4,11,15,17H,5-10H2,1-2H3;(H,6,7). The van der Waals surface area contributed by atoms with Crippen LogP contribution in [0.4, 0.5) is 13.2 Å². The minimum absolute atomic E-state index is 0.0496. The number of carboxylic acids is 1. The van der Waals surface area contributed by atoms with Crippen molar-refractivity contribution in [2.45, 2.75) is 38.7 Å². The van der Waals surface area contributed by atoms with E-state index in [1.165, 1.54) is 15.3 Å². The number of methoxy groups -OCH3 is 1. The van der Waals surface area contributed by atoms with E-state index in [1.54, 1.807) is 7.11 Å². The Morgan fingerprint density at radius 2 is 2.21 bits per heavy atom. The number of fused-ring (bicyclic) bond motifs is 1. The molecular formula is C18H24F3N3O4S. The number of nitrogens with one attached hydrogen (secondary N) is 1. The summed E-state index contributed by atoms with van der Waals surface area (Å²) >= 11 is 1.84. The van der Waals surface area contributed by atoms with Crippen LogP contribution in [0, 0.1) is 6.92 Å². The summed E-state index contributed by atoms with van der Waals surface area (Å²) in [5.74, 6) is -2.76. The average Bonchev–Trinajstić information content (AvgIpc) is 3.26. The molecule has 0 spiro atoms. The summed E-state index contributed by atoms with van der Waals surface area (Å²) < 4.78 is 44.7. The zero-order valence-electron chi connectivity index (χ0n) is 16.2. The van der Waals surface area contributed by atoms with Gasteiger partial charge in [-0.25, -0.2) is 4.79 Å². The minimum atomic E-state index is -5.08. The van der Waals surface area contributed by atoms with E-state index >= 15 is 0 Å². The summed E-state index contributed by atoms with van der Waals surface area (Å²) in [6.07, 6.45) is -1.95. The zero-order valence-corrected chi connectivity index (χ0v) is 17.0. The van der Waals surface area contributed by atoms with E-state index in [9.17, 15) is 13.2 Å². The number of halogens is 3. The number of carboxylic acid groups (broad SMARTS) is 1. The number of thiophene rings is 1. The van der Waals surface area contributed by atoms with Crippen molar-refractivity contribution in [3.63, 3.8) is 0 Å². The third-order valence-corrected chi connectivity index (χ3v) is 5.06. The lowest BCUT2D eigenvalue weighted by molar-refractivity contribution is -0.192. The van der Waals surface area contributed by atoms with Crippen LogP contribution in [0.2, 0.25) is 0 Å². The van der Waals surface area contributed by atoms with E-state index < -0.39 is 12.1 Å². The molecule has 1 atom stereocenters. The van der Waals surface area contributed by atoms with Crippen LogP contribution < -0.4 is 5.32 Å². The van der Waals surface area contributed by atoms with Gasteiger partial charge in [0.05, 0.1) is 25.5 Å². The molecule has 7 nitrogen and oxygen atoms in total. The topological polar surface area (TPSA) is 85.6 Å². The number of rotatable bonds is 7. The van der Waals surface area contributed by atoms with Crippen molar-refractivity contribution in [1.29, 1.82) is 0 Å². The molecule has 29 heavy (non-hydrogen) atoms. The number of aryl methyl sites for hydroxylation is 1. The third kappa shape index (κ3) is 7.42. The van der Waals surface area contributed by atoms with Crippen molar-refractivity contribution in [1.82, 2.24) is 15.1 Å². The molecule has 3 rings (SSSR count). The lowest BCUT2D eigenvalue weighted by Gasteiger charge is -2.22. The van der Waals surface area contributed by atoms with Crippen LogP contribution in [-0.2, 0) is 33.8 Å². The lowest BCUT2D eigenvalue weighted by atomic mass is 10.1. The Morgan fingerprint density at radius 1 is 1.48 bits per heavy atom. The van der Waals surface area contributed by atoms with Crippen molar-refractivity contribution in [3.8, 4) is 0 Å². The Hall–Kier alpha value is -1.95. The van der Waals surface area contributed by atoms with Gasteiger partial charge in [0.1, 0.15) is 6.10 Å². The number of carbonyl (C=O) groups is 1. The number of nitrogens with zero attached hydrogens (tertiary/aromatic N) is 2. The van der Waals surface area contributed by atoms with Crippen molar-refractivity contribution < 1.29 is 32.5 Å². The van der Waals surface area contributed by atoms with E-state index in [-0.39, 0.29) is 6.10 Å². The number of ether oxygens (including phenoxy) is 2. The molecule has 1 aliphatic heterocycles. The molecule has 1 aliphatic rings. The summed E-state index contributed by atoms with van der Waals surface area (Å²) in [7, 11) is 1.71. The number of hydrogen-bond acceptors (Lipinski definition) is 6. The fourth-order valence-corrected chi connectivity index (χ4v) is 3.55.